The highest BCUT2D eigenvalue weighted by Gasteiger charge is 2.35. The minimum Gasteiger partial charge on any atom is -0.484 e. The molecule has 0 saturated heterocycles. The number of nitrogens with one attached hydrogen (secondary N) is 1. The van der Waals surface area contributed by atoms with Crippen LogP contribution in [0.3, 0.4) is 0 Å². The third-order valence-corrected chi connectivity index (χ3v) is 4.58. The third kappa shape index (κ3) is 4.49. The molecule has 7 nitrogen and oxygen atoms in total. The molecule has 7 heteroatoms. The molecule has 1 aliphatic rings. The topological polar surface area (TPSA) is 84.9 Å². The highest BCUT2D eigenvalue weighted by atomic mass is 16.5. The number of carbonyl (C=O) groups excluding carboxylic acids is 3. The summed E-state index contributed by atoms with van der Waals surface area (Å²) in [4.78, 5) is 37.5. The van der Waals surface area contributed by atoms with Crippen molar-refractivity contribution >= 4 is 23.5 Å². The lowest BCUT2D eigenvalue weighted by Crippen LogP contribution is -2.50. The van der Waals surface area contributed by atoms with Gasteiger partial charge in [-0.15, -0.1) is 0 Å². The Labute approximate surface area is 163 Å². The summed E-state index contributed by atoms with van der Waals surface area (Å²) in [6.07, 6.45) is 0.417. The molecule has 2 aromatic rings. The summed E-state index contributed by atoms with van der Waals surface area (Å²) in [6, 6.07) is 13.8. The number of hydrogen-bond acceptors (Lipinski definition) is 5. The Bertz CT molecular complexity index is 879. The van der Waals surface area contributed by atoms with Gasteiger partial charge in [-0.05, 0) is 35.4 Å². The molecule has 0 fully saturated rings. The molecule has 0 bridgehead atoms. The smallest absolute Gasteiger partial charge is 0.328 e. The van der Waals surface area contributed by atoms with Crippen molar-refractivity contribution in [2.24, 2.45) is 0 Å². The molecule has 0 spiro atoms. The first-order valence-corrected chi connectivity index (χ1v) is 8.92. The molecule has 1 atom stereocenters. The molecule has 2 aromatic carbocycles. The lowest BCUT2D eigenvalue weighted by Gasteiger charge is -2.35. The molecule has 28 heavy (non-hydrogen) atoms. The first-order chi connectivity index (χ1) is 13.5. The average Bonchev–Trinajstić information content (AvgIpc) is 2.71. The molecule has 0 saturated carbocycles. The normalized spacial score (nSPS) is 15.4. The van der Waals surface area contributed by atoms with Crippen molar-refractivity contribution in [3.05, 3.63) is 59.7 Å². The minimum atomic E-state index is -0.668. The van der Waals surface area contributed by atoms with Gasteiger partial charge in [0.15, 0.2) is 6.61 Å². The molecule has 3 rings (SSSR count). The first-order valence-electron chi connectivity index (χ1n) is 8.92. The van der Waals surface area contributed by atoms with Gasteiger partial charge in [0.25, 0.3) is 5.91 Å². The van der Waals surface area contributed by atoms with Crippen molar-refractivity contribution in [3.8, 4) is 5.75 Å². The van der Waals surface area contributed by atoms with Crippen LogP contribution in [0.1, 0.15) is 18.1 Å². The quantitative estimate of drug-likeness (QED) is 0.801. The number of esters is 1. The molecule has 1 N–H and O–H groups in total. The number of amides is 2. The zero-order chi connectivity index (χ0) is 20.1. The van der Waals surface area contributed by atoms with Crippen LogP contribution >= 0.6 is 0 Å². The summed E-state index contributed by atoms with van der Waals surface area (Å²) in [5.74, 6) is -0.407. The highest BCUT2D eigenvalue weighted by Crippen LogP contribution is 2.24. The Morgan fingerprint density at radius 3 is 2.39 bits per heavy atom. The summed E-state index contributed by atoms with van der Waals surface area (Å²) in [6.45, 7) is 1.56. The first kappa shape index (κ1) is 19.4. The van der Waals surface area contributed by atoms with Crippen molar-refractivity contribution in [3.63, 3.8) is 0 Å². The number of rotatable bonds is 5. The van der Waals surface area contributed by atoms with Crippen LogP contribution in [0.4, 0.5) is 5.69 Å². The molecule has 146 valence electrons. The standard InChI is InChI=1S/C21H22N2O5/c1-14(24)22-17-7-9-18(10-8-17)28-13-20(25)23-12-16-6-4-3-5-15(16)11-19(23)21(26)27-2/h3-10,19H,11-13H2,1-2H3,(H,22,24)/t19-/m1/s1. The number of anilines is 1. The fourth-order valence-electron chi connectivity index (χ4n) is 3.20. The van der Waals surface area contributed by atoms with Gasteiger partial charge in [0.05, 0.1) is 7.11 Å². The van der Waals surface area contributed by atoms with Crippen molar-refractivity contribution in [1.82, 2.24) is 4.90 Å². The predicted molar refractivity (Wildman–Crippen MR) is 103 cm³/mol. The van der Waals surface area contributed by atoms with E-state index in [1.807, 2.05) is 24.3 Å². The largest absolute Gasteiger partial charge is 0.484 e. The van der Waals surface area contributed by atoms with Gasteiger partial charge in [-0.25, -0.2) is 4.79 Å². The Morgan fingerprint density at radius 2 is 1.75 bits per heavy atom. The Hall–Kier alpha value is -3.35. The number of methoxy groups -OCH3 is 1. The van der Waals surface area contributed by atoms with E-state index in [9.17, 15) is 14.4 Å². The van der Waals surface area contributed by atoms with E-state index in [0.717, 1.165) is 11.1 Å². The maximum absolute atomic E-state index is 12.8. The van der Waals surface area contributed by atoms with Gasteiger partial charge < -0.3 is 19.7 Å². The average molecular weight is 382 g/mol. The summed E-state index contributed by atoms with van der Waals surface area (Å²) in [5, 5.41) is 2.66. The number of ether oxygens (including phenoxy) is 2. The summed E-state index contributed by atoms with van der Waals surface area (Å²) in [7, 11) is 1.32. The van der Waals surface area contributed by atoms with Gasteiger partial charge in [-0.2, -0.15) is 0 Å². The number of fused-ring (bicyclic) bond motifs is 1. The zero-order valence-corrected chi connectivity index (χ0v) is 15.8. The van der Waals surface area contributed by atoms with E-state index < -0.39 is 12.0 Å². The van der Waals surface area contributed by atoms with E-state index in [1.54, 1.807) is 24.3 Å². The van der Waals surface area contributed by atoms with Gasteiger partial charge in [0, 0.05) is 25.6 Å². The monoisotopic (exact) mass is 382 g/mol. The van der Waals surface area contributed by atoms with E-state index in [0.29, 0.717) is 24.4 Å². The number of carbonyl (C=O) groups is 3. The third-order valence-electron chi connectivity index (χ3n) is 4.58. The second kappa shape index (κ2) is 8.56. The maximum atomic E-state index is 12.8. The fraction of sp³-hybridized carbons (Fsp3) is 0.286. The summed E-state index contributed by atoms with van der Waals surface area (Å²) < 4.78 is 10.5. The highest BCUT2D eigenvalue weighted by molar-refractivity contribution is 5.88. The molecule has 0 radical (unpaired) electrons. The molecule has 0 unspecified atom stereocenters. The Morgan fingerprint density at radius 1 is 1.07 bits per heavy atom. The number of nitrogens with zero attached hydrogens (tertiary/aromatic N) is 1. The van der Waals surface area contributed by atoms with Crippen molar-refractivity contribution in [1.29, 1.82) is 0 Å². The molecule has 2 amide bonds. The van der Waals surface area contributed by atoms with Gasteiger partial charge in [0.1, 0.15) is 11.8 Å². The maximum Gasteiger partial charge on any atom is 0.328 e. The molecular weight excluding hydrogens is 360 g/mol. The van der Waals surface area contributed by atoms with E-state index in [4.69, 9.17) is 9.47 Å². The van der Waals surface area contributed by atoms with Crippen LogP contribution in [0.2, 0.25) is 0 Å². The van der Waals surface area contributed by atoms with Crippen molar-refractivity contribution in [2.75, 3.05) is 19.0 Å². The van der Waals surface area contributed by atoms with Crippen LogP contribution in [0.15, 0.2) is 48.5 Å². The Balaban J connectivity index is 1.68. The van der Waals surface area contributed by atoms with Crippen LogP contribution in [0.25, 0.3) is 0 Å². The molecule has 1 heterocycles. The van der Waals surface area contributed by atoms with E-state index in [1.165, 1.54) is 18.9 Å². The molecule has 0 aromatic heterocycles. The minimum absolute atomic E-state index is 0.164. The summed E-state index contributed by atoms with van der Waals surface area (Å²) >= 11 is 0. The van der Waals surface area contributed by atoms with Gasteiger partial charge in [-0.1, -0.05) is 24.3 Å². The number of benzene rings is 2. The van der Waals surface area contributed by atoms with Crippen molar-refractivity contribution < 1.29 is 23.9 Å². The Kier molecular flexibility index (Phi) is 5.93. The van der Waals surface area contributed by atoms with E-state index >= 15 is 0 Å². The van der Waals surface area contributed by atoms with Crippen LogP contribution in [0, 0.1) is 0 Å². The van der Waals surface area contributed by atoms with Crippen LogP contribution in [0.5, 0.6) is 5.75 Å². The molecule has 1 aliphatic heterocycles. The molecular formula is C21H22N2O5. The van der Waals surface area contributed by atoms with Gasteiger partial charge >= 0.3 is 5.97 Å². The molecule has 0 aliphatic carbocycles. The lowest BCUT2D eigenvalue weighted by molar-refractivity contribution is -0.154. The second-order valence-corrected chi connectivity index (χ2v) is 6.53. The fourth-order valence-corrected chi connectivity index (χ4v) is 3.20. The van der Waals surface area contributed by atoms with Gasteiger partial charge in [0.2, 0.25) is 5.91 Å². The second-order valence-electron chi connectivity index (χ2n) is 6.53. The van der Waals surface area contributed by atoms with Crippen LogP contribution in [-0.4, -0.2) is 42.4 Å². The van der Waals surface area contributed by atoms with Crippen LogP contribution in [-0.2, 0) is 32.1 Å². The number of hydrogen-bond donors (Lipinski definition) is 1. The summed E-state index contributed by atoms with van der Waals surface area (Å²) in [5.41, 5.74) is 2.69. The SMILES string of the molecule is COC(=O)[C@H]1Cc2ccccc2CN1C(=O)COc1ccc(NC(C)=O)cc1. The van der Waals surface area contributed by atoms with E-state index in [2.05, 4.69) is 5.32 Å². The van der Waals surface area contributed by atoms with Crippen LogP contribution < -0.4 is 10.1 Å². The predicted octanol–water partition coefficient (Wildman–Crippen LogP) is 2.15. The van der Waals surface area contributed by atoms with Crippen molar-refractivity contribution in [2.45, 2.75) is 25.9 Å². The zero-order valence-electron chi connectivity index (χ0n) is 15.8. The van der Waals surface area contributed by atoms with Gasteiger partial charge in [-0.3, -0.25) is 9.59 Å². The lowest BCUT2D eigenvalue weighted by atomic mass is 9.94. The van der Waals surface area contributed by atoms with E-state index in [-0.39, 0.29) is 18.4 Å².